The summed E-state index contributed by atoms with van der Waals surface area (Å²) in [7, 11) is 0. The third-order valence-electron chi connectivity index (χ3n) is 5.32. The van der Waals surface area contributed by atoms with Crippen LogP contribution in [0.25, 0.3) is 0 Å². The van der Waals surface area contributed by atoms with Crippen molar-refractivity contribution in [2.45, 2.75) is 51.4 Å². The second kappa shape index (κ2) is 3.91. The van der Waals surface area contributed by atoms with E-state index in [1.807, 2.05) is 0 Å². The monoisotopic (exact) mass is 253 g/mol. The number of nitrogens with zero attached hydrogens (tertiary/aromatic N) is 1. The maximum Gasteiger partial charge on any atom is 0.333 e. The van der Waals surface area contributed by atoms with Crippen molar-refractivity contribution in [2.24, 2.45) is 16.7 Å². The first-order valence-corrected chi connectivity index (χ1v) is 6.63. The molecule has 0 saturated heterocycles. The minimum Gasteiger partial charge on any atom is -0.460 e. The molecule has 2 aliphatic rings. The Morgan fingerprint density at radius 1 is 1.53 bits per heavy atom. The summed E-state index contributed by atoms with van der Waals surface area (Å²) in [6, 6.07) is 1.81. The number of hydrogen-bond acceptors (Lipinski definition) is 4. The van der Waals surface area contributed by atoms with Crippen molar-refractivity contribution in [1.29, 1.82) is 5.26 Å². The molecule has 0 N–H and O–H groups in total. The molecule has 4 heteroatoms. The zero-order valence-corrected chi connectivity index (χ0v) is 11.5. The molecule has 2 aliphatic carbocycles. The highest BCUT2D eigenvalue weighted by Gasteiger charge is 2.62. The van der Waals surface area contributed by atoms with Gasteiger partial charge in [-0.25, -0.2) is 4.79 Å². The number of esters is 1. The Morgan fingerprint density at radius 2 is 2.18 bits per heavy atom. The minimum absolute atomic E-state index is 0.0493. The maximum absolute atomic E-state index is 11.6. The lowest BCUT2D eigenvalue weighted by molar-refractivity contribution is -0.155. The predicted octanol–water partition coefficient (Wildman–Crippen LogP) is 2.57. The molecule has 94 valence electrons. The number of fused-ring (bicyclic) bond motifs is 2. The Kier molecular flexibility index (Phi) is 2.94. The quantitative estimate of drug-likeness (QED) is 0.608. The average Bonchev–Trinajstić information content (AvgIpc) is 2.60. The number of ether oxygens (including phenoxy) is 1. The van der Waals surface area contributed by atoms with Crippen LogP contribution in [0.1, 0.15) is 40.0 Å². The first-order valence-electron chi connectivity index (χ1n) is 6.11. The summed E-state index contributed by atoms with van der Waals surface area (Å²) in [4.78, 5) is 11.6. The first kappa shape index (κ1) is 12.8. The van der Waals surface area contributed by atoms with Crippen LogP contribution < -0.4 is 0 Å². The van der Waals surface area contributed by atoms with Crippen molar-refractivity contribution < 1.29 is 9.53 Å². The van der Waals surface area contributed by atoms with Crippen molar-refractivity contribution in [3.8, 4) is 6.07 Å². The summed E-state index contributed by atoms with van der Waals surface area (Å²) in [5, 5.41) is 7.69. The van der Waals surface area contributed by atoms with E-state index < -0.39 is 11.2 Å². The van der Waals surface area contributed by atoms with Crippen molar-refractivity contribution in [3.63, 3.8) is 0 Å². The molecule has 2 saturated carbocycles. The topological polar surface area (TPSA) is 50.1 Å². The van der Waals surface area contributed by atoms with E-state index in [-0.39, 0.29) is 16.9 Å². The largest absolute Gasteiger partial charge is 0.460 e. The lowest BCUT2D eigenvalue weighted by atomic mass is 9.70. The minimum atomic E-state index is -0.958. The molecule has 2 bridgehead atoms. The van der Waals surface area contributed by atoms with Crippen LogP contribution in [0, 0.1) is 28.1 Å². The van der Waals surface area contributed by atoms with E-state index in [0.717, 1.165) is 12.8 Å². The molecule has 0 aromatic rings. The summed E-state index contributed by atoms with van der Waals surface area (Å²) >= 11 is 3.90. The van der Waals surface area contributed by atoms with E-state index in [2.05, 4.69) is 33.4 Å². The maximum atomic E-state index is 11.6. The Hall–Kier alpha value is -0.690. The fraction of sp³-hybridized carbons (Fsp3) is 0.846. The number of rotatable bonds is 2. The molecular formula is C13H19NO2S. The number of carbonyl (C=O) groups is 1. The number of carbonyl (C=O) groups excluding carboxylic acids is 1. The van der Waals surface area contributed by atoms with Crippen molar-refractivity contribution >= 4 is 18.6 Å². The van der Waals surface area contributed by atoms with Gasteiger partial charge in [0.15, 0.2) is 5.25 Å². The van der Waals surface area contributed by atoms with Crippen LogP contribution >= 0.6 is 12.6 Å². The molecule has 0 spiro atoms. The van der Waals surface area contributed by atoms with E-state index in [4.69, 9.17) is 10.00 Å². The summed E-state index contributed by atoms with van der Waals surface area (Å²) in [5.41, 5.74) is 0.271. The van der Waals surface area contributed by atoms with Gasteiger partial charge in [0.2, 0.25) is 0 Å². The van der Waals surface area contributed by atoms with Gasteiger partial charge in [0.1, 0.15) is 6.10 Å². The molecule has 4 unspecified atom stereocenters. The van der Waals surface area contributed by atoms with Gasteiger partial charge in [0, 0.05) is 5.41 Å². The Labute approximate surface area is 108 Å². The normalized spacial score (nSPS) is 39.7. The van der Waals surface area contributed by atoms with E-state index in [1.165, 1.54) is 6.42 Å². The van der Waals surface area contributed by atoms with Crippen LogP contribution in [0.15, 0.2) is 0 Å². The molecule has 2 fully saturated rings. The van der Waals surface area contributed by atoms with Gasteiger partial charge in [-0.05, 0) is 30.6 Å². The molecule has 17 heavy (non-hydrogen) atoms. The van der Waals surface area contributed by atoms with Crippen LogP contribution in [0.2, 0.25) is 0 Å². The van der Waals surface area contributed by atoms with Gasteiger partial charge in [-0.15, -0.1) is 12.6 Å². The second-order valence-corrected chi connectivity index (χ2v) is 6.58. The van der Waals surface area contributed by atoms with Crippen molar-refractivity contribution in [1.82, 2.24) is 0 Å². The van der Waals surface area contributed by atoms with Crippen LogP contribution in [0.3, 0.4) is 0 Å². The van der Waals surface area contributed by atoms with Gasteiger partial charge in [-0.1, -0.05) is 20.8 Å². The molecule has 0 amide bonds. The van der Waals surface area contributed by atoms with E-state index in [9.17, 15) is 4.79 Å². The van der Waals surface area contributed by atoms with Crippen molar-refractivity contribution in [2.75, 3.05) is 0 Å². The Morgan fingerprint density at radius 3 is 2.59 bits per heavy atom. The van der Waals surface area contributed by atoms with Crippen LogP contribution in [-0.4, -0.2) is 17.3 Å². The smallest absolute Gasteiger partial charge is 0.333 e. The average molecular weight is 253 g/mol. The van der Waals surface area contributed by atoms with Gasteiger partial charge in [-0.3, -0.25) is 0 Å². The van der Waals surface area contributed by atoms with E-state index in [0.29, 0.717) is 5.92 Å². The fourth-order valence-corrected chi connectivity index (χ4v) is 3.63. The molecular weight excluding hydrogens is 234 g/mol. The SMILES string of the molecule is CC1(C)C2CCC1(C)C(OC(=O)C(S)C#N)C2. The first-order chi connectivity index (χ1) is 7.83. The van der Waals surface area contributed by atoms with Crippen molar-refractivity contribution in [3.05, 3.63) is 0 Å². The third-order valence-corrected chi connectivity index (χ3v) is 5.64. The summed E-state index contributed by atoms with van der Waals surface area (Å²) in [5.74, 6) is 0.135. The van der Waals surface area contributed by atoms with Crippen LogP contribution in [-0.2, 0) is 9.53 Å². The van der Waals surface area contributed by atoms with Crippen LogP contribution in [0.5, 0.6) is 0 Å². The fourth-order valence-electron chi connectivity index (χ4n) is 3.57. The van der Waals surface area contributed by atoms with Crippen LogP contribution in [0.4, 0.5) is 0 Å². The molecule has 0 heterocycles. The number of nitriles is 1. The molecule has 3 nitrogen and oxygen atoms in total. The van der Waals surface area contributed by atoms with Gasteiger partial charge in [0.05, 0.1) is 6.07 Å². The van der Waals surface area contributed by atoms with Gasteiger partial charge >= 0.3 is 5.97 Å². The number of thiol groups is 1. The van der Waals surface area contributed by atoms with E-state index in [1.54, 1.807) is 6.07 Å². The zero-order valence-electron chi connectivity index (χ0n) is 10.6. The van der Waals surface area contributed by atoms with Gasteiger partial charge in [-0.2, -0.15) is 5.26 Å². The number of hydrogen-bond donors (Lipinski definition) is 1. The Balaban J connectivity index is 2.12. The summed E-state index contributed by atoms with van der Waals surface area (Å²) in [6.45, 7) is 6.74. The highest BCUT2D eigenvalue weighted by molar-refractivity contribution is 7.82. The molecule has 0 aromatic heterocycles. The zero-order chi connectivity index (χ0) is 12.8. The lowest BCUT2D eigenvalue weighted by Gasteiger charge is -2.38. The predicted molar refractivity (Wildman–Crippen MR) is 67.5 cm³/mol. The Bertz CT molecular complexity index is 387. The second-order valence-electron chi connectivity index (χ2n) is 6.07. The molecule has 0 aromatic carbocycles. The van der Waals surface area contributed by atoms with E-state index >= 15 is 0 Å². The van der Waals surface area contributed by atoms with Gasteiger partial charge in [0.25, 0.3) is 0 Å². The lowest BCUT2D eigenvalue weighted by Crippen LogP contribution is -2.39. The molecule has 4 atom stereocenters. The standard InChI is InChI=1S/C13H19NO2S/c1-12(2)8-4-5-13(12,3)10(6-8)16-11(15)9(17)7-14/h8-10,17H,4-6H2,1-3H3. The summed E-state index contributed by atoms with van der Waals surface area (Å²) in [6.07, 6.45) is 3.21. The molecule has 2 rings (SSSR count). The van der Waals surface area contributed by atoms with Gasteiger partial charge < -0.3 is 4.74 Å². The highest BCUT2D eigenvalue weighted by Crippen LogP contribution is 2.66. The third kappa shape index (κ3) is 1.67. The molecule has 0 aliphatic heterocycles. The summed E-state index contributed by atoms with van der Waals surface area (Å²) < 4.78 is 5.50. The highest BCUT2D eigenvalue weighted by atomic mass is 32.1. The molecule has 0 radical (unpaired) electrons.